The van der Waals surface area contributed by atoms with Gasteiger partial charge >= 0.3 is 0 Å². The van der Waals surface area contributed by atoms with Gasteiger partial charge in [-0.1, -0.05) is 12.1 Å². The maximum Gasteiger partial charge on any atom is 0.256 e. The third kappa shape index (κ3) is 5.67. The van der Waals surface area contributed by atoms with Crippen molar-refractivity contribution < 1.29 is 23.7 Å². The van der Waals surface area contributed by atoms with Crippen molar-refractivity contribution in [1.29, 1.82) is 0 Å². The number of hydrogen-bond acceptors (Lipinski definition) is 7. The molecule has 0 bridgehead atoms. The maximum absolute atomic E-state index is 14.0. The van der Waals surface area contributed by atoms with Crippen LogP contribution in [0.4, 0.5) is 17.2 Å². The molecule has 3 aliphatic rings. The Morgan fingerprint density at radius 2 is 1.89 bits per heavy atom. The number of nitrogens with one attached hydrogen (secondary N) is 1. The summed E-state index contributed by atoms with van der Waals surface area (Å²) < 4.78 is 24.3. The van der Waals surface area contributed by atoms with Gasteiger partial charge in [0.15, 0.2) is 0 Å². The molecule has 200 valence electrons. The van der Waals surface area contributed by atoms with E-state index in [4.69, 9.17) is 18.9 Å². The molecule has 1 amide bonds. The Labute approximate surface area is 219 Å². The number of amides is 1. The first-order valence-electron chi connectivity index (χ1n) is 13.4. The van der Waals surface area contributed by atoms with Crippen LogP contribution in [0.15, 0.2) is 36.5 Å². The van der Waals surface area contributed by atoms with Gasteiger partial charge in [-0.15, -0.1) is 0 Å². The summed E-state index contributed by atoms with van der Waals surface area (Å²) in [5.74, 6) is 0.717. The van der Waals surface area contributed by atoms with E-state index in [-0.39, 0.29) is 30.3 Å². The average molecular weight is 510 g/mol. The third-order valence-corrected chi connectivity index (χ3v) is 7.28. The van der Waals surface area contributed by atoms with Gasteiger partial charge in [0.2, 0.25) is 0 Å². The van der Waals surface area contributed by atoms with Crippen molar-refractivity contribution in [3.63, 3.8) is 0 Å². The molecular weight excluding hydrogens is 470 g/mol. The Hall–Kier alpha value is -2.52. The number of carbonyl (C=O) groups is 1. The van der Waals surface area contributed by atoms with Gasteiger partial charge in [-0.2, -0.15) is 0 Å². The normalized spacial score (nSPS) is 27.5. The number of hydrogen-bond donors (Lipinski definition) is 1. The second-order valence-corrected chi connectivity index (χ2v) is 11.1. The number of benzene rings is 1. The van der Waals surface area contributed by atoms with Gasteiger partial charge in [-0.25, -0.2) is 4.98 Å². The summed E-state index contributed by atoms with van der Waals surface area (Å²) >= 11 is 0. The van der Waals surface area contributed by atoms with Crippen LogP contribution in [0.1, 0.15) is 65.0 Å². The van der Waals surface area contributed by atoms with E-state index >= 15 is 0 Å². The van der Waals surface area contributed by atoms with Gasteiger partial charge < -0.3 is 29.2 Å². The molecule has 0 aliphatic carbocycles. The van der Waals surface area contributed by atoms with Crippen molar-refractivity contribution in [3.05, 3.63) is 47.7 Å². The molecule has 2 fully saturated rings. The molecule has 2 aromatic rings. The molecule has 1 unspecified atom stereocenters. The molecule has 5 rings (SSSR count). The molecule has 0 saturated carbocycles. The Balaban J connectivity index is 1.43. The zero-order valence-electron chi connectivity index (χ0n) is 22.5. The SMILES string of the molecule is CC(C)OC1CO[C@](C)(c2ccc3c(c2)N(C(=O)[C@H]2CC[C@H](OC(C)C)CO2)Cc2cccnc2N3)C1. The van der Waals surface area contributed by atoms with Gasteiger partial charge in [0, 0.05) is 18.2 Å². The molecule has 0 radical (unpaired) electrons. The fourth-order valence-electron chi connectivity index (χ4n) is 5.54. The molecule has 1 N–H and O–H groups in total. The lowest BCUT2D eigenvalue weighted by Gasteiger charge is -2.33. The van der Waals surface area contributed by atoms with Gasteiger partial charge in [-0.3, -0.25) is 4.79 Å². The summed E-state index contributed by atoms with van der Waals surface area (Å²) in [4.78, 5) is 20.3. The highest BCUT2D eigenvalue weighted by molar-refractivity contribution is 6.01. The minimum Gasteiger partial charge on any atom is -0.373 e. The lowest BCUT2D eigenvalue weighted by Crippen LogP contribution is -2.44. The predicted molar refractivity (Wildman–Crippen MR) is 142 cm³/mol. The number of aromatic nitrogens is 1. The van der Waals surface area contributed by atoms with Crippen LogP contribution in [0.3, 0.4) is 0 Å². The van der Waals surface area contributed by atoms with Crippen molar-refractivity contribution in [2.24, 2.45) is 0 Å². The molecule has 8 nitrogen and oxygen atoms in total. The van der Waals surface area contributed by atoms with Crippen molar-refractivity contribution in [2.75, 3.05) is 23.4 Å². The number of carbonyl (C=O) groups excluding carboxylic acids is 1. The average Bonchev–Trinajstić information content (AvgIpc) is 3.15. The van der Waals surface area contributed by atoms with Gasteiger partial charge in [0.25, 0.3) is 5.91 Å². The molecular formula is C29H39N3O5. The Bertz CT molecular complexity index is 1110. The van der Waals surface area contributed by atoms with Crippen molar-refractivity contribution >= 4 is 23.1 Å². The first kappa shape index (κ1) is 26.1. The zero-order valence-corrected chi connectivity index (χ0v) is 22.5. The molecule has 1 aromatic carbocycles. The standard InChI is InChI=1S/C29H39N3O5/c1-18(2)36-22-9-11-26(34-16-22)28(33)32-15-20-7-6-12-30-27(20)31-24-10-8-21(13-25(24)32)29(5)14-23(17-35-29)37-19(3)4/h6-8,10,12-13,18-19,22-23,26H,9,11,14-17H2,1-5H3,(H,30,31)/t22-,23?,26+,29-/m0/s1. The monoisotopic (exact) mass is 509 g/mol. The first-order chi connectivity index (χ1) is 17.7. The Kier molecular flexibility index (Phi) is 7.54. The van der Waals surface area contributed by atoms with Crippen LogP contribution >= 0.6 is 0 Å². The second kappa shape index (κ2) is 10.7. The van der Waals surface area contributed by atoms with E-state index in [1.807, 2.05) is 50.8 Å². The smallest absolute Gasteiger partial charge is 0.256 e. The lowest BCUT2D eigenvalue weighted by atomic mass is 9.91. The fourth-order valence-corrected chi connectivity index (χ4v) is 5.54. The van der Waals surface area contributed by atoms with Gasteiger partial charge in [-0.05, 0) is 71.2 Å². The number of anilines is 3. The molecule has 2 saturated heterocycles. The van der Waals surface area contributed by atoms with Crippen LogP contribution in [0, 0.1) is 0 Å². The van der Waals surface area contributed by atoms with E-state index in [0.29, 0.717) is 26.2 Å². The van der Waals surface area contributed by atoms with Gasteiger partial charge in [0.1, 0.15) is 11.9 Å². The highest BCUT2D eigenvalue weighted by Crippen LogP contribution is 2.43. The topological polar surface area (TPSA) is 82.2 Å². The van der Waals surface area contributed by atoms with Gasteiger partial charge in [0.05, 0.1) is 61.2 Å². The van der Waals surface area contributed by atoms with E-state index in [0.717, 1.165) is 41.2 Å². The van der Waals surface area contributed by atoms with Crippen molar-refractivity contribution in [3.8, 4) is 0 Å². The van der Waals surface area contributed by atoms with Crippen LogP contribution in [0.25, 0.3) is 0 Å². The van der Waals surface area contributed by atoms with E-state index in [9.17, 15) is 4.79 Å². The zero-order chi connectivity index (χ0) is 26.2. The van der Waals surface area contributed by atoms with E-state index in [1.54, 1.807) is 6.20 Å². The molecule has 8 heteroatoms. The third-order valence-electron chi connectivity index (χ3n) is 7.28. The predicted octanol–water partition coefficient (Wildman–Crippen LogP) is 5.07. The number of nitrogens with zero attached hydrogens (tertiary/aromatic N) is 2. The highest BCUT2D eigenvalue weighted by Gasteiger charge is 2.40. The Morgan fingerprint density at radius 3 is 2.62 bits per heavy atom. The molecule has 4 atom stereocenters. The minimum absolute atomic E-state index is 0.0270. The molecule has 3 aliphatic heterocycles. The Morgan fingerprint density at radius 1 is 1.11 bits per heavy atom. The summed E-state index contributed by atoms with van der Waals surface area (Å²) in [6, 6.07) is 10.1. The fraction of sp³-hybridized carbons (Fsp3) is 0.586. The van der Waals surface area contributed by atoms with Crippen LogP contribution in [-0.2, 0) is 35.9 Å². The maximum atomic E-state index is 14.0. The number of pyridine rings is 1. The second-order valence-electron chi connectivity index (χ2n) is 11.1. The molecule has 4 heterocycles. The lowest BCUT2D eigenvalue weighted by molar-refractivity contribution is -0.143. The molecule has 1 aromatic heterocycles. The quantitative estimate of drug-likeness (QED) is 0.582. The van der Waals surface area contributed by atoms with E-state index < -0.39 is 11.7 Å². The largest absolute Gasteiger partial charge is 0.373 e. The number of fused-ring (bicyclic) bond motifs is 2. The summed E-state index contributed by atoms with van der Waals surface area (Å²) in [5, 5.41) is 3.45. The van der Waals surface area contributed by atoms with E-state index in [1.165, 1.54) is 0 Å². The summed E-state index contributed by atoms with van der Waals surface area (Å²) in [6.45, 7) is 11.6. The highest BCUT2D eigenvalue weighted by atomic mass is 16.6. The first-order valence-corrected chi connectivity index (χ1v) is 13.4. The molecule has 0 spiro atoms. The summed E-state index contributed by atoms with van der Waals surface area (Å²) in [5.41, 5.74) is 3.13. The van der Waals surface area contributed by atoms with Crippen LogP contribution < -0.4 is 10.2 Å². The van der Waals surface area contributed by atoms with Crippen molar-refractivity contribution in [2.45, 2.75) is 96.5 Å². The summed E-state index contributed by atoms with van der Waals surface area (Å²) in [7, 11) is 0. The minimum atomic E-state index is -0.510. The van der Waals surface area contributed by atoms with Crippen LogP contribution in [0.2, 0.25) is 0 Å². The van der Waals surface area contributed by atoms with Crippen molar-refractivity contribution in [1.82, 2.24) is 4.98 Å². The molecule has 37 heavy (non-hydrogen) atoms. The van der Waals surface area contributed by atoms with Crippen LogP contribution in [0.5, 0.6) is 0 Å². The summed E-state index contributed by atoms with van der Waals surface area (Å²) in [6.07, 6.45) is 3.80. The number of rotatable bonds is 6. The van der Waals surface area contributed by atoms with Crippen LogP contribution in [-0.4, -0.2) is 54.6 Å². The van der Waals surface area contributed by atoms with E-state index in [2.05, 4.69) is 29.4 Å². The number of ether oxygens (including phenoxy) is 4.